The van der Waals surface area contributed by atoms with E-state index in [-0.39, 0.29) is 18.6 Å². The number of hydrogen-bond donors (Lipinski definition) is 1. The van der Waals surface area contributed by atoms with Crippen molar-refractivity contribution < 1.29 is 23.5 Å². The van der Waals surface area contributed by atoms with Gasteiger partial charge in [-0.3, -0.25) is 9.69 Å². The molecule has 2 amide bonds. The van der Waals surface area contributed by atoms with Gasteiger partial charge in [0.25, 0.3) is 0 Å². The monoisotopic (exact) mass is 514 g/mol. The number of piperazine rings is 1. The molecule has 8 nitrogen and oxygen atoms in total. The summed E-state index contributed by atoms with van der Waals surface area (Å²) in [6.45, 7) is 5.10. The number of anilines is 2. The van der Waals surface area contributed by atoms with Crippen LogP contribution in [0.15, 0.2) is 48.5 Å². The van der Waals surface area contributed by atoms with Gasteiger partial charge in [-0.05, 0) is 30.2 Å². The number of thiocarbonyl (C=S) groups is 1. The number of nitrogens with one attached hydrogen (secondary N) is 1. The molecular formula is C26H31FN4O4S. The van der Waals surface area contributed by atoms with Crippen molar-refractivity contribution in [2.24, 2.45) is 0 Å². The number of nitrogens with zero attached hydrogens (tertiary/aromatic N) is 3. The van der Waals surface area contributed by atoms with Gasteiger partial charge in [-0.15, -0.1) is 0 Å². The number of carbonyl (C=O) groups excluding carboxylic acids is 2. The van der Waals surface area contributed by atoms with Crippen molar-refractivity contribution >= 4 is 40.6 Å². The van der Waals surface area contributed by atoms with Crippen LogP contribution in [-0.2, 0) is 20.9 Å². The number of carbonyl (C=O) groups is 2. The molecule has 2 fully saturated rings. The number of cyclic esters (lactones) is 1. The van der Waals surface area contributed by atoms with Gasteiger partial charge in [-0.25, -0.2) is 9.18 Å². The molecule has 36 heavy (non-hydrogen) atoms. The minimum absolute atomic E-state index is 0.0185. The van der Waals surface area contributed by atoms with E-state index in [4.69, 9.17) is 21.7 Å². The summed E-state index contributed by atoms with van der Waals surface area (Å²) in [5, 5.41) is 3.07. The average molecular weight is 515 g/mol. The molecular weight excluding hydrogens is 483 g/mol. The number of hydrogen-bond acceptors (Lipinski definition) is 6. The van der Waals surface area contributed by atoms with Crippen LogP contribution in [0.1, 0.15) is 18.9 Å². The molecule has 2 aromatic carbocycles. The van der Waals surface area contributed by atoms with Crippen molar-refractivity contribution in [3.63, 3.8) is 0 Å². The van der Waals surface area contributed by atoms with Crippen molar-refractivity contribution in [2.45, 2.75) is 26.1 Å². The van der Waals surface area contributed by atoms with Gasteiger partial charge in [-0.2, -0.15) is 0 Å². The summed E-state index contributed by atoms with van der Waals surface area (Å²) in [5.41, 5.74) is 1.92. The Balaban J connectivity index is 1.26. The van der Waals surface area contributed by atoms with Crippen molar-refractivity contribution in [2.75, 3.05) is 55.7 Å². The van der Waals surface area contributed by atoms with Crippen LogP contribution >= 0.6 is 12.2 Å². The van der Waals surface area contributed by atoms with Crippen LogP contribution in [0.4, 0.5) is 20.6 Å². The number of ether oxygens (including phenoxy) is 2. The maximum atomic E-state index is 15.0. The highest BCUT2D eigenvalue weighted by Gasteiger charge is 2.33. The maximum Gasteiger partial charge on any atom is 0.414 e. The van der Waals surface area contributed by atoms with Crippen LogP contribution in [0.5, 0.6) is 0 Å². The second kappa shape index (κ2) is 12.1. The summed E-state index contributed by atoms with van der Waals surface area (Å²) in [7, 11) is 0. The summed E-state index contributed by atoms with van der Waals surface area (Å²) in [5.74, 6) is -0.488. The van der Waals surface area contributed by atoms with Crippen LogP contribution in [-0.4, -0.2) is 73.9 Å². The Kier molecular flexibility index (Phi) is 8.71. The van der Waals surface area contributed by atoms with E-state index >= 15 is 4.39 Å². The van der Waals surface area contributed by atoms with Crippen LogP contribution < -0.4 is 15.1 Å². The van der Waals surface area contributed by atoms with Crippen LogP contribution in [0.25, 0.3) is 0 Å². The van der Waals surface area contributed by atoms with Crippen molar-refractivity contribution in [3.8, 4) is 0 Å². The molecule has 2 aliphatic heterocycles. The molecule has 2 heterocycles. The zero-order chi connectivity index (χ0) is 25.5. The first-order valence-corrected chi connectivity index (χ1v) is 12.5. The Morgan fingerprint density at radius 1 is 1.17 bits per heavy atom. The first-order valence-electron chi connectivity index (χ1n) is 12.1. The van der Waals surface area contributed by atoms with E-state index in [9.17, 15) is 9.59 Å². The molecule has 1 N–H and O–H groups in total. The van der Waals surface area contributed by atoms with Crippen molar-refractivity contribution in [1.82, 2.24) is 10.2 Å². The molecule has 192 valence electrons. The van der Waals surface area contributed by atoms with E-state index in [0.717, 1.165) is 12.0 Å². The third kappa shape index (κ3) is 6.50. The SMILES string of the molecule is CCC(=S)NC[C@H]1CN(c2ccc(N3CCN(C(=O)COCc4ccccc4)CC3)c(F)c2)C(=O)O1. The maximum absolute atomic E-state index is 15.0. The minimum atomic E-state index is -0.502. The standard InChI is InChI=1S/C26H31FN4O4S/c1-2-24(36)28-15-21-16-31(26(33)35-21)20-8-9-23(22(27)14-20)29-10-12-30(13-11-29)25(32)18-34-17-19-6-4-3-5-7-19/h3-9,14,21H,2,10-13,15-18H2,1H3,(H,28,36)/t21-/m0/s1. The van der Waals surface area contributed by atoms with Gasteiger partial charge in [0.15, 0.2) is 0 Å². The Morgan fingerprint density at radius 3 is 2.61 bits per heavy atom. The zero-order valence-corrected chi connectivity index (χ0v) is 21.1. The molecule has 0 aliphatic carbocycles. The first-order chi connectivity index (χ1) is 17.4. The smallest absolute Gasteiger partial charge is 0.414 e. The normalized spacial score (nSPS) is 17.8. The fourth-order valence-corrected chi connectivity index (χ4v) is 4.31. The average Bonchev–Trinajstić information content (AvgIpc) is 3.28. The van der Waals surface area contributed by atoms with Crippen LogP contribution in [0.2, 0.25) is 0 Å². The van der Waals surface area contributed by atoms with Gasteiger partial charge < -0.3 is 24.6 Å². The quantitative estimate of drug-likeness (QED) is 0.515. The molecule has 0 aromatic heterocycles. The summed E-state index contributed by atoms with van der Waals surface area (Å²) < 4.78 is 26.0. The molecule has 2 aromatic rings. The van der Waals surface area contributed by atoms with Gasteiger partial charge in [0.05, 0.1) is 36.1 Å². The first kappa shape index (κ1) is 25.8. The lowest BCUT2D eigenvalue weighted by atomic mass is 10.2. The molecule has 1 atom stereocenters. The zero-order valence-electron chi connectivity index (χ0n) is 20.3. The summed E-state index contributed by atoms with van der Waals surface area (Å²) in [4.78, 5) is 30.6. The van der Waals surface area contributed by atoms with Crippen molar-refractivity contribution in [1.29, 1.82) is 0 Å². The highest BCUT2D eigenvalue weighted by molar-refractivity contribution is 7.80. The number of rotatable bonds is 9. The van der Waals surface area contributed by atoms with Gasteiger partial charge in [0.2, 0.25) is 5.91 Å². The van der Waals surface area contributed by atoms with Gasteiger partial charge >= 0.3 is 6.09 Å². The summed E-state index contributed by atoms with van der Waals surface area (Å²) in [6, 6.07) is 14.5. The van der Waals surface area contributed by atoms with E-state index in [1.54, 1.807) is 17.0 Å². The lowest BCUT2D eigenvalue weighted by Gasteiger charge is -2.36. The summed E-state index contributed by atoms with van der Waals surface area (Å²) >= 11 is 5.15. The predicted molar refractivity (Wildman–Crippen MR) is 140 cm³/mol. The molecule has 0 radical (unpaired) electrons. The summed E-state index contributed by atoms with van der Waals surface area (Å²) in [6.07, 6.45) is -0.137. The van der Waals surface area contributed by atoms with Crippen LogP contribution in [0.3, 0.4) is 0 Å². The second-order valence-corrected chi connectivity index (χ2v) is 9.25. The van der Waals surface area contributed by atoms with E-state index in [1.807, 2.05) is 42.2 Å². The lowest BCUT2D eigenvalue weighted by Crippen LogP contribution is -2.50. The number of benzene rings is 2. The molecule has 2 aliphatic rings. The van der Waals surface area contributed by atoms with Gasteiger partial charge in [0, 0.05) is 26.2 Å². The third-order valence-corrected chi connectivity index (χ3v) is 6.71. The molecule has 0 spiro atoms. The fourth-order valence-electron chi connectivity index (χ4n) is 4.23. The van der Waals surface area contributed by atoms with Gasteiger partial charge in [0.1, 0.15) is 18.5 Å². The predicted octanol–water partition coefficient (Wildman–Crippen LogP) is 3.34. The Morgan fingerprint density at radius 2 is 1.92 bits per heavy atom. The third-order valence-electron chi connectivity index (χ3n) is 6.28. The van der Waals surface area contributed by atoms with Crippen LogP contribution in [0, 0.1) is 5.82 Å². The number of amides is 2. The van der Waals surface area contributed by atoms with E-state index < -0.39 is 11.9 Å². The Labute approximate surface area is 215 Å². The Hall–Kier alpha value is -3.24. The fraction of sp³-hybridized carbons (Fsp3) is 0.423. The molecule has 10 heteroatoms. The second-order valence-electron chi connectivity index (χ2n) is 8.76. The molecule has 0 bridgehead atoms. The molecule has 4 rings (SSSR count). The van der Waals surface area contributed by atoms with E-state index in [2.05, 4.69) is 5.32 Å². The molecule has 0 unspecified atom stereocenters. The lowest BCUT2D eigenvalue weighted by molar-refractivity contribution is -0.136. The largest absolute Gasteiger partial charge is 0.442 e. The number of halogens is 1. The Bertz CT molecular complexity index is 1080. The van der Waals surface area contributed by atoms with E-state index in [1.165, 1.54) is 11.0 Å². The topological polar surface area (TPSA) is 74.4 Å². The van der Waals surface area contributed by atoms with Gasteiger partial charge in [-0.1, -0.05) is 49.5 Å². The molecule has 0 saturated carbocycles. The van der Waals surface area contributed by atoms with E-state index in [0.29, 0.717) is 62.2 Å². The highest BCUT2D eigenvalue weighted by Crippen LogP contribution is 2.28. The minimum Gasteiger partial charge on any atom is -0.442 e. The highest BCUT2D eigenvalue weighted by atomic mass is 32.1. The van der Waals surface area contributed by atoms with Crippen molar-refractivity contribution in [3.05, 3.63) is 59.9 Å². The molecule has 2 saturated heterocycles.